The first-order chi connectivity index (χ1) is 6.53. The van der Waals surface area contributed by atoms with Gasteiger partial charge in [0.25, 0.3) is 0 Å². The lowest BCUT2D eigenvalue weighted by atomic mass is 9.96. The van der Waals surface area contributed by atoms with Crippen LogP contribution in [0.25, 0.3) is 0 Å². The smallest absolute Gasteiger partial charge is 0.0254 e. The van der Waals surface area contributed by atoms with E-state index in [0.29, 0.717) is 0 Å². The third-order valence-corrected chi connectivity index (χ3v) is 2.82. The fraction of sp³-hybridized carbons (Fsp3) is 0.833. The predicted molar refractivity (Wildman–Crippen MR) is 62.3 cm³/mol. The van der Waals surface area contributed by atoms with Crippen LogP contribution in [0.15, 0.2) is 11.6 Å². The van der Waals surface area contributed by atoms with E-state index in [1.807, 2.05) is 0 Å². The summed E-state index contributed by atoms with van der Waals surface area (Å²) in [6.07, 6.45) is 5.82. The number of hydrogen-bond acceptors (Lipinski definition) is 2. The van der Waals surface area contributed by atoms with Gasteiger partial charge in [0.1, 0.15) is 0 Å². The average Bonchev–Trinajstić information content (AvgIpc) is 2.02. The normalized spacial score (nSPS) is 23.0. The quantitative estimate of drug-likeness (QED) is 0.698. The molecule has 1 heterocycles. The third kappa shape index (κ3) is 3.81. The molecule has 14 heavy (non-hydrogen) atoms. The molecule has 0 aromatic rings. The van der Waals surface area contributed by atoms with Crippen molar-refractivity contribution < 1.29 is 0 Å². The van der Waals surface area contributed by atoms with E-state index in [1.54, 1.807) is 0 Å². The fourth-order valence-electron chi connectivity index (χ4n) is 2.29. The molecule has 1 aliphatic rings. The Balaban J connectivity index is 2.40. The SMILES string of the molecule is CCCC(C)(N)CN1CCC=C(C)C1. The van der Waals surface area contributed by atoms with E-state index in [2.05, 4.69) is 31.7 Å². The summed E-state index contributed by atoms with van der Waals surface area (Å²) in [6.45, 7) is 9.90. The highest BCUT2D eigenvalue weighted by atomic mass is 15.1. The van der Waals surface area contributed by atoms with Crippen LogP contribution in [0.1, 0.15) is 40.0 Å². The van der Waals surface area contributed by atoms with Crippen molar-refractivity contribution >= 4 is 0 Å². The van der Waals surface area contributed by atoms with Gasteiger partial charge in [0.15, 0.2) is 0 Å². The average molecular weight is 196 g/mol. The van der Waals surface area contributed by atoms with Crippen molar-refractivity contribution in [1.29, 1.82) is 0 Å². The van der Waals surface area contributed by atoms with Crippen molar-refractivity contribution in [3.8, 4) is 0 Å². The molecule has 0 aromatic heterocycles. The van der Waals surface area contributed by atoms with Crippen molar-refractivity contribution in [2.24, 2.45) is 5.73 Å². The summed E-state index contributed by atoms with van der Waals surface area (Å²) in [5, 5.41) is 0. The molecule has 0 saturated carbocycles. The molecule has 2 N–H and O–H groups in total. The van der Waals surface area contributed by atoms with Gasteiger partial charge in [-0.15, -0.1) is 0 Å². The van der Waals surface area contributed by atoms with E-state index in [4.69, 9.17) is 5.73 Å². The van der Waals surface area contributed by atoms with Gasteiger partial charge in [-0.3, -0.25) is 4.90 Å². The lowest BCUT2D eigenvalue weighted by Crippen LogP contribution is -2.49. The monoisotopic (exact) mass is 196 g/mol. The zero-order valence-electron chi connectivity index (χ0n) is 9.84. The molecule has 2 nitrogen and oxygen atoms in total. The minimum atomic E-state index is -0.00757. The Hall–Kier alpha value is -0.340. The molecule has 0 radical (unpaired) electrons. The highest BCUT2D eigenvalue weighted by molar-refractivity contribution is 5.05. The van der Waals surface area contributed by atoms with Crippen LogP contribution in [0, 0.1) is 0 Å². The summed E-state index contributed by atoms with van der Waals surface area (Å²) in [4.78, 5) is 2.48. The largest absolute Gasteiger partial charge is 0.324 e. The Morgan fingerprint density at radius 1 is 1.57 bits per heavy atom. The topological polar surface area (TPSA) is 29.3 Å². The fourth-order valence-corrected chi connectivity index (χ4v) is 2.29. The molecule has 0 amide bonds. The van der Waals surface area contributed by atoms with Crippen LogP contribution in [0.5, 0.6) is 0 Å². The Bertz CT molecular complexity index is 206. The molecule has 1 atom stereocenters. The lowest BCUT2D eigenvalue weighted by molar-refractivity contribution is 0.219. The van der Waals surface area contributed by atoms with Gasteiger partial charge >= 0.3 is 0 Å². The maximum atomic E-state index is 6.24. The van der Waals surface area contributed by atoms with Crippen molar-refractivity contribution in [2.45, 2.75) is 45.6 Å². The van der Waals surface area contributed by atoms with Crippen LogP contribution >= 0.6 is 0 Å². The van der Waals surface area contributed by atoms with Crippen molar-refractivity contribution in [1.82, 2.24) is 4.90 Å². The van der Waals surface area contributed by atoms with E-state index in [-0.39, 0.29) is 5.54 Å². The van der Waals surface area contributed by atoms with Crippen LogP contribution in [-0.4, -0.2) is 30.1 Å². The zero-order valence-corrected chi connectivity index (χ0v) is 9.84. The minimum absolute atomic E-state index is 0.00757. The van der Waals surface area contributed by atoms with Crippen molar-refractivity contribution in [3.63, 3.8) is 0 Å². The van der Waals surface area contributed by atoms with Crippen molar-refractivity contribution in [3.05, 3.63) is 11.6 Å². The molecule has 1 aliphatic heterocycles. The maximum Gasteiger partial charge on any atom is 0.0254 e. The Morgan fingerprint density at radius 3 is 2.86 bits per heavy atom. The molecule has 1 rings (SSSR count). The molecule has 0 saturated heterocycles. The highest BCUT2D eigenvalue weighted by Gasteiger charge is 2.22. The second-order valence-corrected chi connectivity index (χ2v) is 4.95. The molecule has 0 spiro atoms. The maximum absolute atomic E-state index is 6.24. The summed E-state index contributed by atoms with van der Waals surface area (Å²) in [5.74, 6) is 0. The molecule has 2 heteroatoms. The molecule has 0 aliphatic carbocycles. The van der Waals surface area contributed by atoms with E-state index in [0.717, 1.165) is 19.5 Å². The summed E-state index contributed by atoms with van der Waals surface area (Å²) in [7, 11) is 0. The number of nitrogens with zero attached hydrogens (tertiary/aromatic N) is 1. The van der Waals surface area contributed by atoms with Gasteiger partial charge in [0.05, 0.1) is 0 Å². The van der Waals surface area contributed by atoms with Gasteiger partial charge in [0.2, 0.25) is 0 Å². The highest BCUT2D eigenvalue weighted by Crippen LogP contribution is 2.15. The molecule has 1 unspecified atom stereocenters. The Kier molecular flexibility index (Phi) is 4.14. The van der Waals surface area contributed by atoms with Gasteiger partial charge < -0.3 is 5.73 Å². The molecular formula is C12H24N2. The number of nitrogens with two attached hydrogens (primary N) is 1. The Morgan fingerprint density at radius 2 is 2.29 bits per heavy atom. The third-order valence-electron chi connectivity index (χ3n) is 2.82. The molecule has 0 fully saturated rings. The van der Waals surface area contributed by atoms with Crippen LogP contribution < -0.4 is 5.73 Å². The van der Waals surface area contributed by atoms with Gasteiger partial charge in [-0.25, -0.2) is 0 Å². The summed E-state index contributed by atoms with van der Waals surface area (Å²) < 4.78 is 0. The minimum Gasteiger partial charge on any atom is -0.324 e. The molecular weight excluding hydrogens is 172 g/mol. The lowest BCUT2D eigenvalue weighted by Gasteiger charge is -2.34. The van der Waals surface area contributed by atoms with E-state index >= 15 is 0 Å². The van der Waals surface area contributed by atoms with Gasteiger partial charge in [-0.2, -0.15) is 0 Å². The molecule has 0 bridgehead atoms. The van der Waals surface area contributed by atoms with Crippen molar-refractivity contribution in [2.75, 3.05) is 19.6 Å². The zero-order chi connectivity index (χ0) is 10.6. The number of rotatable bonds is 4. The van der Waals surface area contributed by atoms with Crippen LogP contribution in [-0.2, 0) is 0 Å². The first-order valence-electron chi connectivity index (χ1n) is 5.70. The van der Waals surface area contributed by atoms with Gasteiger partial charge in [0, 0.05) is 25.2 Å². The van der Waals surface area contributed by atoms with Crippen LogP contribution in [0.2, 0.25) is 0 Å². The van der Waals surface area contributed by atoms with Gasteiger partial charge in [-0.05, 0) is 26.7 Å². The summed E-state index contributed by atoms with van der Waals surface area (Å²) in [5.41, 5.74) is 7.72. The molecule has 0 aromatic carbocycles. The first kappa shape index (κ1) is 11.7. The standard InChI is InChI=1S/C12H24N2/c1-4-7-12(3,13)10-14-8-5-6-11(2)9-14/h6H,4-5,7-10,13H2,1-3H3. The van der Waals surface area contributed by atoms with E-state index in [9.17, 15) is 0 Å². The van der Waals surface area contributed by atoms with Crippen LogP contribution in [0.4, 0.5) is 0 Å². The van der Waals surface area contributed by atoms with Gasteiger partial charge in [-0.1, -0.05) is 25.0 Å². The predicted octanol–water partition coefficient (Wildman–Crippen LogP) is 2.16. The second kappa shape index (κ2) is 4.94. The van der Waals surface area contributed by atoms with Crippen LogP contribution in [0.3, 0.4) is 0 Å². The van der Waals surface area contributed by atoms with E-state index in [1.165, 1.54) is 25.0 Å². The van der Waals surface area contributed by atoms with E-state index < -0.39 is 0 Å². The summed E-state index contributed by atoms with van der Waals surface area (Å²) >= 11 is 0. The first-order valence-corrected chi connectivity index (χ1v) is 5.70. The Labute approximate surface area is 88.2 Å². The molecule has 82 valence electrons. The second-order valence-electron chi connectivity index (χ2n) is 4.95. The number of hydrogen-bond donors (Lipinski definition) is 1. The summed E-state index contributed by atoms with van der Waals surface area (Å²) in [6, 6.07) is 0.